The van der Waals surface area contributed by atoms with Crippen molar-refractivity contribution in [1.29, 1.82) is 0 Å². The van der Waals surface area contributed by atoms with Crippen LogP contribution < -0.4 is 5.32 Å². The molecule has 158 valence electrons. The van der Waals surface area contributed by atoms with Crippen LogP contribution in [-0.2, 0) is 19.6 Å². The molecular formula is C20H26ClN3O4S. The van der Waals surface area contributed by atoms with Gasteiger partial charge in [0, 0.05) is 31.7 Å². The Balaban J connectivity index is 1.59. The summed E-state index contributed by atoms with van der Waals surface area (Å²) < 4.78 is 25.1. The van der Waals surface area contributed by atoms with E-state index in [1.165, 1.54) is 16.3 Å². The van der Waals surface area contributed by atoms with Crippen LogP contribution in [0.3, 0.4) is 0 Å². The lowest BCUT2D eigenvalue weighted by atomic mass is 9.95. The minimum Gasteiger partial charge on any atom is -0.346 e. The van der Waals surface area contributed by atoms with Crippen LogP contribution in [-0.4, -0.2) is 67.4 Å². The van der Waals surface area contributed by atoms with E-state index in [1.54, 1.807) is 6.92 Å². The molecule has 0 aromatic heterocycles. The third-order valence-corrected chi connectivity index (χ3v) is 8.16. The van der Waals surface area contributed by atoms with Crippen molar-refractivity contribution >= 4 is 39.0 Å². The summed E-state index contributed by atoms with van der Waals surface area (Å²) in [5.74, 6) is -1.25. The maximum Gasteiger partial charge on any atom is 0.312 e. The number of rotatable bonds is 3. The molecule has 0 spiro atoms. The second kappa shape index (κ2) is 8.08. The summed E-state index contributed by atoms with van der Waals surface area (Å²) >= 11 is 6.01. The normalized spacial score (nSPS) is 24.3. The smallest absolute Gasteiger partial charge is 0.312 e. The number of benzene rings is 1. The van der Waals surface area contributed by atoms with Gasteiger partial charge >= 0.3 is 11.8 Å². The lowest BCUT2D eigenvalue weighted by Gasteiger charge is -2.31. The van der Waals surface area contributed by atoms with Gasteiger partial charge in [0.05, 0.1) is 11.3 Å². The Hall–Kier alpha value is -1.90. The van der Waals surface area contributed by atoms with E-state index in [0.29, 0.717) is 31.0 Å². The molecule has 1 N–H and O–H groups in total. The van der Waals surface area contributed by atoms with Gasteiger partial charge in [-0.05, 0) is 55.5 Å². The molecule has 1 fully saturated rings. The van der Waals surface area contributed by atoms with E-state index >= 15 is 0 Å². The number of carbonyl (C=O) groups is 2. The van der Waals surface area contributed by atoms with E-state index in [9.17, 15) is 18.0 Å². The molecule has 2 heterocycles. The van der Waals surface area contributed by atoms with Crippen molar-refractivity contribution in [3.8, 4) is 0 Å². The molecule has 2 aliphatic rings. The highest BCUT2D eigenvalue weighted by molar-refractivity contribution is 7.89. The van der Waals surface area contributed by atoms with Crippen LogP contribution in [0.25, 0.3) is 5.57 Å². The maximum absolute atomic E-state index is 12.5. The predicted molar refractivity (Wildman–Crippen MR) is 113 cm³/mol. The fourth-order valence-corrected chi connectivity index (χ4v) is 5.78. The van der Waals surface area contributed by atoms with E-state index in [1.807, 2.05) is 31.2 Å². The number of likely N-dealkylation sites (N-methyl/N-ethyl adjacent to an activating group) is 1. The Morgan fingerprint density at radius 3 is 2.59 bits per heavy atom. The highest BCUT2D eigenvalue weighted by atomic mass is 35.5. The fraction of sp³-hybridized carbons (Fsp3) is 0.500. The van der Waals surface area contributed by atoms with E-state index in [2.05, 4.69) is 5.32 Å². The second-order valence-corrected chi connectivity index (χ2v) is 10.5. The second-order valence-electron chi connectivity index (χ2n) is 7.90. The van der Waals surface area contributed by atoms with Gasteiger partial charge in [-0.3, -0.25) is 9.59 Å². The first kappa shape index (κ1) is 21.8. The topological polar surface area (TPSA) is 86.8 Å². The quantitative estimate of drug-likeness (QED) is 0.727. The van der Waals surface area contributed by atoms with Gasteiger partial charge in [-0.2, -0.15) is 4.31 Å². The minimum absolute atomic E-state index is 0.0492. The van der Waals surface area contributed by atoms with Crippen molar-refractivity contribution in [2.24, 2.45) is 0 Å². The molecule has 1 atom stereocenters. The lowest BCUT2D eigenvalue weighted by Crippen LogP contribution is -2.52. The zero-order chi connectivity index (χ0) is 21.4. The fourth-order valence-electron chi connectivity index (χ4n) is 3.75. The summed E-state index contributed by atoms with van der Waals surface area (Å²) in [4.78, 5) is 26.4. The van der Waals surface area contributed by atoms with Crippen molar-refractivity contribution in [2.75, 3.05) is 32.4 Å². The van der Waals surface area contributed by atoms with Gasteiger partial charge in [0.15, 0.2) is 0 Å². The van der Waals surface area contributed by atoms with Gasteiger partial charge in [-0.25, -0.2) is 8.42 Å². The maximum atomic E-state index is 12.5. The Bertz CT molecular complexity index is 976. The van der Waals surface area contributed by atoms with Crippen LogP contribution in [0.5, 0.6) is 0 Å². The summed E-state index contributed by atoms with van der Waals surface area (Å²) in [7, 11) is -1.78. The van der Waals surface area contributed by atoms with Crippen molar-refractivity contribution in [3.63, 3.8) is 0 Å². The van der Waals surface area contributed by atoms with Gasteiger partial charge in [0.25, 0.3) is 0 Å². The van der Waals surface area contributed by atoms with Crippen LogP contribution in [0.15, 0.2) is 24.3 Å². The number of sulfonamides is 1. The average Bonchev–Trinajstić information content (AvgIpc) is 2.89. The van der Waals surface area contributed by atoms with Crippen LogP contribution in [0.1, 0.15) is 30.9 Å². The molecule has 0 saturated carbocycles. The van der Waals surface area contributed by atoms with Gasteiger partial charge in [-0.15, -0.1) is 0 Å². The van der Waals surface area contributed by atoms with Crippen LogP contribution in [0.4, 0.5) is 0 Å². The molecule has 2 aliphatic heterocycles. The Morgan fingerprint density at radius 2 is 2.03 bits per heavy atom. The molecule has 29 heavy (non-hydrogen) atoms. The highest BCUT2D eigenvalue weighted by Gasteiger charge is 2.44. The minimum atomic E-state index is -3.29. The predicted octanol–water partition coefficient (Wildman–Crippen LogP) is 1.80. The van der Waals surface area contributed by atoms with Crippen molar-refractivity contribution < 1.29 is 18.0 Å². The molecule has 1 saturated heterocycles. The van der Waals surface area contributed by atoms with Gasteiger partial charge in [-0.1, -0.05) is 23.7 Å². The number of carbonyl (C=O) groups excluding carboxylic acids is 2. The highest BCUT2D eigenvalue weighted by Crippen LogP contribution is 2.29. The number of nitrogens with zero attached hydrogens (tertiary/aromatic N) is 2. The molecule has 1 unspecified atom stereocenters. The summed E-state index contributed by atoms with van der Waals surface area (Å²) in [6.07, 6.45) is 3.03. The largest absolute Gasteiger partial charge is 0.346 e. The summed E-state index contributed by atoms with van der Waals surface area (Å²) in [5.41, 5.74) is 2.60. The molecule has 0 aliphatic carbocycles. The first-order chi connectivity index (χ1) is 13.5. The van der Waals surface area contributed by atoms with Gasteiger partial charge in [0.1, 0.15) is 0 Å². The SMILES string of the molecule is Cc1cc(Cl)ccc1C1=CCN(C(=O)C(=O)NCC2(C)CCS(=O)(=O)N2C)CC1. The average molecular weight is 440 g/mol. The van der Waals surface area contributed by atoms with E-state index < -0.39 is 27.4 Å². The monoisotopic (exact) mass is 439 g/mol. The Kier molecular flexibility index (Phi) is 6.08. The van der Waals surface area contributed by atoms with E-state index in [4.69, 9.17) is 11.6 Å². The number of aryl methyl sites for hydroxylation is 1. The molecule has 2 amide bonds. The molecule has 7 nitrogen and oxygen atoms in total. The Morgan fingerprint density at radius 1 is 1.31 bits per heavy atom. The van der Waals surface area contributed by atoms with E-state index in [0.717, 1.165) is 16.7 Å². The van der Waals surface area contributed by atoms with Crippen LogP contribution >= 0.6 is 11.6 Å². The number of hydrogen-bond acceptors (Lipinski definition) is 4. The van der Waals surface area contributed by atoms with Crippen molar-refractivity contribution in [1.82, 2.24) is 14.5 Å². The molecule has 0 bridgehead atoms. The number of nitrogens with one attached hydrogen (secondary N) is 1. The molecule has 9 heteroatoms. The standard InChI is InChI=1S/C20H26ClN3O4S/c1-14-12-16(21)4-5-17(14)15-6-9-24(10-7-15)19(26)18(25)22-13-20(2)8-11-29(27,28)23(20)3/h4-6,12H,7-11,13H2,1-3H3,(H,22,25). The van der Waals surface area contributed by atoms with Gasteiger partial charge in [0.2, 0.25) is 10.0 Å². The third kappa shape index (κ3) is 4.49. The first-order valence-corrected chi connectivity index (χ1v) is 11.5. The lowest BCUT2D eigenvalue weighted by molar-refractivity contribution is -0.145. The zero-order valence-electron chi connectivity index (χ0n) is 16.9. The number of hydrogen-bond donors (Lipinski definition) is 1. The van der Waals surface area contributed by atoms with Crippen molar-refractivity contribution in [3.05, 3.63) is 40.4 Å². The Labute approximate surface area is 176 Å². The number of amides is 2. The summed E-state index contributed by atoms with van der Waals surface area (Å²) in [6, 6.07) is 5.72. The van der Waals surface area contributed by atoms with Crippen molar-refractivity contribution in [2.45, 2.75) is 32.2 Å². The van der Waals surface area contributed by atoms with Crippen LogP contribution in [0, 0.1) is 6.92 Å². The molecule has 3 rings (SSSR count). The van der Waals surface area contributed by atoms with Gasteiger partial charge < -0.3 is 10.2 Å². The molecular weight excluding hydrogens is 414 g/mol. The zero-order valence-corrected chi connectivity index (χ0v) is 18.4. The summed E-state index contributed by atoms with van der Waals surface area (Å²) in [5, 5.41) is 3.30. The third-order valence-electron chi connectivity index (χ3n) is 5.93. The first-order valence-electron chi connectivity index (χ1n) is 9.53. The van der Waals surface area contributed by atoms with E-state index in [-0.39, 0.29) is 12.3 Å². The van der Waals surface area contributed by atoms with Crippen LogP contribution in [0.2, 0.25) is 5.02 Å². The molecule has 0 radical (unpaired) electrons. The number of halogens is 1. The summed E-state index contributed by atoms with van der Waals surface area (Å²) in [6.45, 7) is 4.67. The molecule has 1 aromatic rings. The molecule has 1 aromatic carbocycles.